The highest BCUT2D eigenvalue weighted by Gasteiger charge is 1.87. The summed E-state index contributed by atoms with van der Waals surface area (Å²) in [6.07, 6.45) is 3.25. The Morgan fingerprint density at radius 2 is 2.25 bits per heavy atom. The van der Waals surface area contributed by atoms with Crippen LogP contribution >= 0.6 is 0 Å². The maximum absolute atomic E-state index is 5.20. The first-order valence-electron chi connectivity index (χ1n) is 2.46. The maximum Gasteiger partial charge on any atom is 0.0295 e. The second kappa shape index (κ2) is 3.13. The normalized spacial score (nSPS) is 11.0. The van der Waals surface area contributed by atoms with Gasteiger partial charge in [0, 0.05) is 18.9 Å². The first kappa shape index (κ1) is 7.08. The Hall–Kier alpha value is -0.920. The molecule has 0 aromatic rings. The molecule has 46 valence electrons. The van der Waals surface area contributed by atoms with Crippen molar-refractivity contribution in [2.75, 3.05) is 7.05 Å². The van der Waals surface area contributed by atoms with Gasteiger partial charge >= 0.3 is 0 Å². The number of allylic oxidation sites excluding steroid dienone is 1. The molecule has 0 atom stereocenters. The fourth-order valence-corrected chi connectivity index (χ4v) is 0.262. The van der Waals surface area contributed by atoms with Crippen molar-refractivity contribution < 1.29 is 0 Å². The predicted octanol–water partition coefficient (Wildman–Crippen LogP) is 0.882. The van der Waals surface area contributed by atoms with Crippen molar-refractivity contribution in [1.29, 1.82) is 0 Å². The van der Waals surface area contributed by atoms with E-state index in [1.165, 1.54) is 0 Å². The molecule has 0 saturated heterocycles. The van der Waals surface area contributed by atoms with Gasteiger partial charge in [-0.2, -0.15) is 0 Å². The van der Waals surface area contributed by atoms with Gasteiger partial charge in [-0.05, 0) is 13.1 Å². The zero-order valence-electron chi connectivity index (χ0n) is 5.39. The Morgan fingerprint density at radius 1 is 1.75 bits per heavy atom. The van der Waals surface area contributed by atoms with E-state index < -0.39 is 0 Å². The van der Waals surface area contributed by atoms with Crippen LogP contribution in [0, 0.1) is 0 Å². The molecule has 8 heavy (non-hydrogen) atoms. The van der Waals surface area contributed by atoms with Crippen LogP contribution in [-0.4, -0.2) is 11.9 Å². The lowest BCUT2D eigenvalue weighted by Gasteiger charge is -2.11. The SMILES string of the molecule is C=CN(C)/C(C)=C\N. The molecule has 0 heterocycles. The van der Waals surface area contributed by atoms with Gasteiger partial charge in [0.2, 0.25) is 0 Å². The Morgan fingerprint density at radius 3 is 2.38 bits per heavy atom. The van der Waals surface area contributed by atoms with Gasteiger partial charge < -0.3 is 10.6 Å². The van der Waals surface area contributed by atoms with E-state index >= 15 is 0 Å². The van der Waals surface area contributed by atoms with E-state index in [1.54, 1.807) is 12.4 Å². The minimum absolute atomic E-state index is 1.00. The number of hydrogen-bond acceptors (Lipinski definition) is 2. The lowest BCUT2D eigenvalue weighted by molar-refractivity contribution is 0.570. The fraction of sp³-hybridized carbons (Fsp3) is 0.333. The summed E-state index contributed by atoms with van der Waals surface area (Å²) in [5.41, 5.74) is 6.20. The fourth-order valence-electron chi connectivity index (χ4n) is 0.262. The summed E-state index contributed by atoms with van der Waals surface area (Å²) < 4.78 is 0. The average Bonchev–Trinajstić information content (AvgIpc) is 1.84. The Balaban J connectivity index is 3.81. The Labute approximate surface area is 50.3 Å². The van der Waals surface area contributed by atoms with Gasteiger partial charge in [0.15, 0.2) is 0 Å². The quantitative estimate of drug-likeness (QED) is 0.574. The highest BCUT2D eigenvalue weighted by molar-refractivity contribution is 4.96. The summed E-state index contributed by atoms with van der Waals surface area (Å²) in [6, 6.07) is 0. The molecule has 0 aromatic carbocycles. The van der Waals surface area contributed by atoms with Crippen molar-refractivity contribution in [2.24, 2.45) is 5.73 Å². The Bertz CT molecular complexity index is 105. The third-order valence-corrected chi connectivity index (χ3v) is 1.07. The molecule has 2 N–H and O–H groups in total. The van der Waals surface area contributed by atoms with Crippen LogP contribution in [0.4, 0.5) is 0 Å². The molecule has 0 unspecified atom stereocenters. The van der Waals surface area contributed by atoms with Gasteiger partial charge in [0.1, 0.15) is 0 Å². The molecule has 0 rings (SSSR count). The van der Waals surface area contributed by atoms with Crippen molar-refractivity contribution in [3.63, 3.8) is 0 Å². The summed E-state index contributed by atoms with van der Waals surface area (Å²) in [5.74, 6) is 0. The standard InChI is InChI=1S/C6H12N2/c1-4-8(3)6(2)5-7/h4-5H,1,7H2,2-3H3/b6-5-. The molecule has 0 radical (unpaired) electrons. The topological polar surface area (TPSA) is 29.3 Å². The van der Waals surface area contributed by atoms with E-state index in [2.05, 4.69) is 6.58 Å². The lowest BCUT2D eigenvalue weighted by Crippen LogP contribution is -2.07. The molecule has 0 aromatic heterocycles. The van der Waals surface area contributed by atoms with Crippen LogP contribution in [0.25, 0.3) is 0 Å². The minimum atomic E-state index is 1.00. The van der Waals surface area contributed by atoms with Crippen LogP contribution in [0.15, 0.2) is 24.7 Å². The molecule has 0 bridgehead atoms. The largest absolute Gasteiger partial charge is 0.403 e. The molecule has 0 spiro atoms. The van der Waals surface area contributed by atoms with Gasteiger partial charge in [-0.15, -0.1) is 0 Å². The highest BCUT2D eigenvalue weighted by Crippen LogP contribution is 1.94. The molecule has 2 heteroatoms. The van der Waals surface area contributed by atoms with E-state index in [1.807, 2.05) is 18.9 Å². The molecule has 0 aliphatic heterocycles. The number of hydrogen-bond donors (Lipinski definition) is 1. The highest BCUT2D eigenvalue weighted by atomic mass is 15.1. The van der Waals surface area contributed by atoms with Gasteiger partial charge in [0.05, 0.1) is 0 Å². The van der Waals surface area contributed by atoms with E-state index in [0.29, 0.717) is 0 Å². The third kappa shape index (κ3) is 1.69. The minimum Gasteiger partial charge on any atom is -0.403 e. The number of nitrogens with zero attached hydrogens (tertiary/aromatic N) is 1. The van der Waals surface area contributed by atoms with Crippen molar-refractivity contribution in [1.82, 2.24) is 4.90 Å². The van der Waals surface area contributed by atoms with E-state index in [4.69, 9.17) is 5.73 Å². The molecule has 0 saturated carbocycles. The molecule has 2 nitrogen and oxygen atoms in total. The smallest absolute Gasteiger partial charge is 0.0295 e. The summed E-state index contributed by atoms with van der Waals surface area (Å²) in [7, 11) is 1.89. The van der Waals surface area contributed by atoms with Gasteiger partial charge in [-0.3, -0.25) is 0 Å². The first-order chi connectivity index (χ1) is 3.72. The zero-order chi connectivity index (χ0) is 6.57. The Kier molecular flexibility index (Phi) is 2.77. The molecule has 0 fully saturated rings. The first-order valence-corrected chi connectivity index (χ1v) is 2.46. The van der Waals surface area contributed by atoms with Crippen LogP contribution < -0.4 is 5.73 Å². The lowest BCUT2D eigenvalue weighted by atomic mass is 10.5. The predicted molar refractivity (Wildman–Crippen MR) is 35.9 cm³/mol. The van der Waals surface area contributed by atoms with Gasteiger partial charge in [-0.1, -0.05) is 6.58 Å². The molecule has 0 amide bonds. The van der Waals surface area contributed by atoms with E-state index in [0.717, 1.165) is 5.70 Å². The molecule has 0 aliphatic carbocycles. The van der Waals surface area contributed by atoms with E-state index in [9.17, 15) is 0 Å². The second-order valence-electron chi connectivity index (χ2n) is 1.60. The molecule has 0 aliphatic rings. The molecular weight excluding hydrogens is 100 g/mol. The molecular formula is C6H12N2. The van der Waals surface area contributed by atoms with Crippen LogP contribution in [0.3, 0.4) is 0 Å². The van der Waals surface area contributed by atoms with Crippen molar-refractivity contribution in [3.05, 3.63) is 24.7 Å². The summed E-state index contributed by atoms with van der Waals surface area (Å²) in [5, 5.41) is 0. The zero-order valence-corrected chi connectivity index (χ0v) is 5.39. The summed E-state index contributed by atoms with van der Waals surface area (Å²) in [4.78, 5) is 1.85. The summed E-state index contributed by atoms with van der Waals surface area (Å²) in [6.45, 7) is 5.48. The van der Waals surface area contributed by atoms with Crippen LogP contribution in [0.5, 0.6) is 0 Å². The summed E-state index contributed by atoms with van der Waals surface area (Å²) >= 11 is 0. The van der Waals surface area contributed by atoms with Crippen molar-refractivity contribution in [2.45, 2.75) is 6.92 Å². The van der Waals surface area contributed by atoms with Crippen molar-refractivity contribution >= 4 is 0 Å². The van der Waals surface area contributed by atoms with Crippen LogP contribution in [0.1, 0.15) is 6.92 Å². The van der Waals surface area contributed by atoms with Crippen LogP contribution in [-0.2, 0) is 0 Å². The number of nitrogens with two attached hydrogens (primary N) is 1. The van der Waals surface area contributed by atoms with E-state index in [-0.39, 0.29) is 0 Å². The third-order valence-electron chi connectivity index (χ3n) is 1.07. The van der Waals surface area contributed by atoms with Gasteiger partial charge in [-0.25, -0.2) is 0 Å². The van der Waals surface area contributed by atoms with Crippen LogP contribution in [0.2, 0.25) is 0 Å². The second-order valence-corrected chi connectivity index (χ2v) is 1.60. The number of rotatable bonds is 2. The monoisotopic (exact) mass is 112 g/mol. The average molecular weight is 112 g/mol. The van der Waals surface area contributed by atoms with Gasteiger partial charge in [0.25, 0.3) is 0 Å². The van der Waals surface area contributed by atoms with Crippen molar-refractivity contribution in [3.8, 4) is 0 Å². The maximum atomic E-state index is 5.20.